The third-order valence-corrected chi connectivity index (χ3v) is 6.12. The van der Waals surface area contributed by atoms with Crippen LogP contribution in [0.25, 0.3) is 10.9 Å². The first-order valence-electron chi connectivity index (χ1n) is 11.4. The molecular weight excluding hydrogens is 402 g/mol. The number of carbonyl (C=O) groups is 2. The van der Waals surface area contributed by atoms with Crippen LogP contribution in [0.5, 0.6) is 0 Å². The van der Waals surface area contributed by atoms with Crippen molar-refractivity contribution in [1.29, 1.82) is 0 Å². The van der Waals surface area contributed by atoms with Crippen LogP contribution in [0.4, 0.5) is 5.82 Å². The highest BCUT2D eigenvalue weighted by Gasteiger charge is 2.18. The Kier molecular flexibility index (Phi) is 7.10. The van der Waals surface area contributed by atoms with Crippen molar-refractivity contribution >= 4 is 28.5 Å². The zero-order valence-corrected chi connectivity index (χ0v) is 18.2. The average molecular weight is 432 g/mol. The number of para-hydroxylation sites is 1. The summed E-state index contributed by atoms with van der Waals surface area (Å²) < 4.78 is 0. The molecule has 32 heavy (non-hydrogen) atoms. The number of hydrogen-bond acceptors (Lipinski definition) is 5. The van der Waals surface area contributed by atoms with Gasteiger partial charge in [0.25, 0.3) is 0 Å². The van der Waals surface area contributed by atoms with Crippen molar-refractivity contribution in [2.24, 2.45) is 0 Å². The number of carbonyl (C=O) groups excluding carboxylic acids is 1. The number of anilines is 1. The number of hydrogen-bond donors (Lipinski definition) is 2. The number of nitrogens with one attached hydrogen (secondary N) is 1. The van der Waals surface area contributed by atoms with Crippen LogP contribution in [0.1, 0.15) is 61.3 Å². The molecule has 6 nitrogen and oxygen atoms in total. The Morgan fingerprint density at radius 3 is 2.88 bits per heavy atom. The molecule has 2 aromatic heterocycles. The Balaban J connectivity index is 1.30. The molecule has 6 heteroatoms. The number of fused-ring (bicyclic) bond motifs is 2. The van der Waals surface area contributed by atoms with E-state index in [0.717, 1.165) is 60.2 Å². The molecule has 0 saturated carbocycles. The Morgan fingerprint density at radius 2 is 2.00 bits per heavy atom. The second kappa shape index (κ2) is 10.4. The van der Waals surface area contributed by atoms with Crippen LogP contribution in [0, 0.1) is 0 Å². The van der Waals surface area contributed by atoms with Crippen LogP contribution >= 0.6 is 0 Å². The van der Waals surface area contributed by atoms with Gasteiger partial charge in [-0.2, -0.15) is 0 Å². The van der Waals surface area contributed by atoms with E-state index in [-0.39, 0.29) is 18.1 Å². The predicted octanol–water partition coefficient (Wildman–Crippen LogP) is 4.92. The molecule has 0 aliphatic carbocycles. The largest absolute Gasteiger partial charge is 0.481 e. The molecule has 3 heterocycles. The fraction of sp³-hybridized carbons (Fsp3) is 0.385. The number of aliphatic carboxylic acids is 1. The van der Waals surface area contributed by atoms with Crippen LogP contribution < -0.4 is 5.32 Å². The lowest BCUT2D eigenvalue weighted by Gasteiger charge is -2.17. The molecule has 1 aliphatic rings. The predicted molar refractivity (Wildman–Crippen MR) is 125 cm³/mol. The summed E-state index contributed by atoms with van der Waals surface area (Å²) in [5, 5.41) is 13.7. The van der Waals surface area contributed by atoms with Gasteiger partial charge < -0.3 is 10.4 Å². The van der Waals surface area contributed by atoms with Gasteiger partial charge in [0.2, 0.25) is 0 Å². The summed E-state index contributed by atoms with van der Waals surface area (Å²) in [4.78, 5) is 33.1. The van der Waals surface area contributed by atoms with Crippen molar-refractivity contribution in [2.45, 2.75) is 57.3 Å². The van der Waals surface area contributed by atoms with Gasteiger partial charge in [0, 0.05) is 36.7 Å². The van der Waals surface area contributed by atoms with E-state index in [9.17, 15) is 14.7 Å². The number of nitrogens with zero attached hydrogens (tertiary/aromatic N) is 2. The van der Waals surface area contributed by atoms with Crippen molar-refractivity contribution in [1.82, 2.24) is 9.97 Å². The minimum Gasteiger partial charge on any atom is -0.481 e. The molecule has 4 rings (SSSR count). The molecule has 0 fully saturated rings. The summed E-state index contributed by atoms with van der Waals surface area (Å²) in [6.07, 6.45) is 6.87. The Morgan fingerprint density at radius 1 is 1.12 bits per heavy atom. The number of benzene rings is 1. The summed E-state index contributed by atoms with van der Waals surface area (Å²) >= 11 is 0. The van der Waals surface area contributed by atoms with Crippen LogP contribution in [-0.2, 0) is 22.4 Å². The molecule has 1 atom stereocenters. The number of ketones is 1. The minimum atomic E-state index is -0.859. The lowest BCUT2D eigenvalue weighted by atomic mass is 9.90. The van der Waals surface area contributed by atoms with Gasteiger partial charge in [-0.1, -0.05) is 24.3 Å². The van der Waals surface area contributed by atoms with Crippen molar-refractivity contribution in [3.05, 3.63) is 65.5 Å². The van der Waals surface area contributed by atoms with Gasteiger partial charge in [0.15, 0.2) is 0 Å². The van der Waals surface area contributed by atoms with Gasteiger partial charge in [0.05, 0.1) is 11.9 Å². The number of aryl methyl sites for hydroxylation is 2. The molecule has 0 amide bonds. The Hall–Kier alpha value is -3.28. The zero-order valence-electron chi connectivity index (χ0n) is 18.2. The maximum absolute atomic E-state index is 12.5. The first-order valence-corrected chi connectivity index (χ1v) is 11.4. The monoisotopic (exact) mass is 431 g/mol. The summed E-state index contributed by atoms with van der Waals surface area (Å²) in [5.41, 5.74) is 4.04. The van der Waals surface area contributed by atoms with Gasteiger partial charge in [0.1, 0.15) is 11.6 Å². The van der Waals surface area contributed by atoms with Crippen molar-refractivity contribution < 1.29 is 14.7 Å². The molecule has 2 N–H and O–H groups in total. The van der Waals surface area contributed by atoms with E-state index < -0.39 is 5.97 Å². The average Bonchev–Trinajstić information content (AvgIpc) is 2.81. The molecule has 3 aromatic rings. The van der Waals surface area contributed by atoms with Gasteiger partial charge in [-0.15, -0.1) is 0 Å². The van der Waals surface area contributed by atoms with E-state index in [4.69, 9.17) is 0 Å². The van der Waals surface area contributed by atoms with Crippen molar-refractivity contribution in [2.75, 3.05) is 11.9 Å². The van der Waals surface area contributed by atoms with Crippen LogP contribution in [0.2, 0.25) is 0 Å². The maximum atomic E-state index is 12.5. The fourth-order valence-corrected chi connectivity index (χ4v) is 4.34. The molecule has 0 bridgehead atoms. The van der Waals surface area contributed by atoms with E-state index in [1.165, 1.54) is 5.56 Å². The molecule has 166 valence electrons. The molecule has 1 aromatic carbocycles. The van der Waals surface area contributed by atoms with Crippen molar-refractivity contribution in [3.8, 4) is 0 Å². The van der Waals surface area contributed by atoms with Gasteiger partial charge >= 0.3 is 5.97 Å². The number of rotatable bonds is 10. The molecule has 0 spiro atoms. The summed E-state index contributed by atoms with van der Waals surface area (Å²) in [7, 11) is 0. The molecule has 0 saturated heterocycles. The summed E-state index contributed by atoms with van der Waals surface area (Å²) in [6, 6.07) is 14.0. The quantitative estimate of drug-likeness (QED) is 0.473. The second-order valence-corrected chi connectivity index (χ2v) is 8.53. The molecule has 0 radical (unpaired) electrons. The third kappa shape index (κ3) is 5.69. The Bertz CT molecular complexity index is 1110. The standard InChI is InChI=1S/C26H29N3O3/c30-23(8-3-7-22-12-10-18-6-4-14-27-26(18)29-22)13-11-19(16-25(31)32)21-15-20-5-1-2-9-24(20)28-17-21/h1-2,5,9-10,12,15,17,19H,3-4,6-8,11,13-14,16H2,(H,27,29)(H,31,32). The zero-order chi connectivity index (χ0) is 22.3. The highest BCUT2D eigenvalue weighted by atomic mass is 16.4. The first kappa shape index (κ1) is 21.9. The molecular formula is C26H29N3O3. The summed E-state index contributed by atoms with van der Waals surface area (Å²) in [5.74, 6) is 0.0791. The van der Waals surface area contributed by atoms with E-state index in [2.05, 4.69) is 27.4 Å². The lowest BCUT2D eigenvalue weighted by Crippen LogP contribution is -2.14. The number of carboxylic acids is 1. The van der Waals surface area contributed by atoms with Gasteiger partial charge in [-0.3, -0.25) is 14.6 Å². The molecule has 1 aliphatic heterocycles. The summed E-state index contributed by atoms with van der Waals surface area (Å²) in [6.45, 7) is 0.964. The van der Waals surface area contributed by atoms with Crippen LogP contribution in [0.3, 0.4) is 0 Å². The van der Waals surface area contributed by atoms with Crippen LogP contribution in [0.15, 0.2) is 48.7 Å². The number of pyridine rings is 2. The van der Waals surface area contributed by atoms with E-state index in [1.807, 2.05) is 30.3 Å². The minimum absolute atomic E-state index is 0.000649. The highest BCUT2D eigenvalue weighted by molar-refractivity contribution is 5.80. The molecule has 1 unspecified atom stereocenters. The van der Waals surface area contributed by atoms with Crippen molar-refractivity contribution in [3.63, 3.8) is 0 Å². The normalized spacial score (nSPS) is 13.9. The lowest BCUT2D eigenvalue weighted by molar-refractivity contribution is -0.137. The number of carboxylic acid groups (broad SMARTS) is 1. The first-order chi connectivity index (χ1) is 15.6. The third-order valence-electron chi connectivity index (χ3n) is 6.12. The fourth-order valence-electron chi connectivity index (χ4n) is 4.34. The number of aromatic nitrogens is 2. The van der Waals surface area contributed by atoms with E-state index in [1.54, 1.807) is 6.20 Å². The smallest absolute Gasteiger partial charge is 0.303 e. The van der Waals surface area contributed by atoms with Crippen LogP contribution in [-0.4, -0.2) is 33.4 Å². The Labute approximate surface area is 188 Å². The van der Waals surface area contributed by atoms with Gasteiger partial charge in [-0.25, -0.2) is 4.98 Å². The second-order valence-electron chi connectivity index (χ2n) is 8.53. The maximum Gasteiger partial charge on any atom is 0.303 e. The SMILES string of the molecule is O=C(O)CC(CCC(=O)CCCc1ccc2c(n1)NCCC2)c1cnc2ccccc2c1. The number of Topliss-reactive ketones (excluding diaryl/α,β-unsaturated/α-hetero) is 1. The topological polar surface area (TPSA) is 92.2 Å². The van der Waals surface area contributed by atoms with E-state index >= 15 is 0 Å². The highest BCUT2D eigenvalue weighted by Crippen LogP contribution is 2.27. The van der Waals surface area contributed by atoms with Gasteiger partial charge in [-0.05, 0) is 67.3 Å². The van der Waals surface area contributed by atoms with E-state index in [0.29, 0.717) is 19.3 Å².